The van der Waals surface area contributed by atoms with Crippen molar-refractivity contribution < 1.29 is 4.84 Å². The van der Waals surface area contributed by atoms with Crippen molar-refractivity contribution in [1.29, 1.82) is 0 Å². The van der Waals surface area contributed by atoms with Gasteiger partial charge in [-0.05, 0) is 18.2 Å². The van der Waals surface area contributed by atoms with Crippen LogP contribution in [-0.2, 0) is 4.84 Å². The van der Waals surface area contributed by atoms with Crippen LogP contribution in [-0.4, -0.2) is 6.54 Å². The quantitative estimate of drug-likeness (QED) is 0.551. The minimum absolute atomic E-state index is 0.895. The first-order chi connectivity index (χ1) is 5.45. The summed E-state index contributed by atoms with van der Waals surface area (Å²) in [5.74, 6) is 1.01. The van der Waals surface area contributed by atoms with Crippen LogP contribution in [0.2, 0.25) is 0 Å². The molecule has 11 heavy (non-hydrogen) atoms. The average Bonchev–Trinajstić information content (AvgIpc) is 2.64. The van der Waals surface area contributed by atoms with E-state index < -0.39 is 0 Å². The Balaban J connectivity index is 2.33. The van der Waals surface area contributed by atoms with Gasteiger partial charge in [0.05, 0.1) is 12.2 Å². The van der Waals surface area contributed by atoms with E-state index in [1.54, 1.807) is 0 Å². The molecule has 2 heteroatoms. The molecule has 2 bridgehead atoms. The predicted octanol–water partition coefficient (Wildman–Crippen LogP) is 1.79. The van der Waals surface area contributed by atoms with Gasteiger partial charge in [-0.2, -0.15) is 0 Å². The molecule has 0 N–H and O–H groups in total. The van der Waals surface area contributed by atoms with Crippen molar-refractivity contribution in [3.8, 4) is 0 Å². The molecule has 54 valence electrons. The third kappa shape index (κ3) is 0.522. The van der Waals surface area contributed by atoms with Crippen LogP contribution in [0.15, 0.2) is 30.3 Å². The molecule has 0 saturated carbocycles. The van der Waals surface area contributed by atoms with Crippen molar-refractivity contribution in [3.63, 3.8) is 0 Å². The van der Waals surface area contributed by atoms with Crippen molar-refractivity contribution in [2.24, 2.45) is 0 Å². The third-order valence-corrected chi connectivity index (χ3v) is 2.09. The van der Waals surface area contributed by atoms with E-state index in [1.165, 1.54) is 11.3 Å². The molecule has 0 atom stereocenters. The maximum Gasteiger partial charge on any atom is 0.162 e. The number of anilines is 1. The zero-order chi connectivity index (χ0) is 7.26. The fourth-order valence-electron chi connectivity index (χ4n) is 1.57. The molecular weight excluding hydrogens is 138 g/mol. The van der Waals surface area contributed by atoms with Crippen molar-refractivity contribution >= 4 is 11.4 Å². The van der Waals surface area contributed by atoms with E-state index in [0.717, 1.165) is 12.3 Å². The van der Waals surface area contributed by atoms with E-state index in [1.807, 2.05) is 17.2 Å². The highest BCUT2D eigenvalue weighted by atomic mass is 16.7. The molecule has 3 rings (SSSR count). The van der Waals surface area contributed by atoms with Crippen LogP contribution < -0.4 is 5.06 Å². The third-order valence-electron chi connectivity index (χ3n) is 2.09. The van der Waals surface area contributed by atoms with Crippen molar-refractivity contribution in [3.05, 3.63) is 35.9 Å². The standard InChI is InChI=1S/C9H7NO/c1-2-4-8-7(3-1)9-5-6-10(8)11-9/h1-5H,6H2. The number of nitrogens with zero attached hydrogens (tertiary/aromatic N) is 1. The Kier molecular flexibility index (Phi) is 0.756. The number of para-hydroxylation sites is 1. The van der Waals surface area contributed by atoms with E-state index in [0.29, 0.717) is 0 Å². The molecular formula is C9H7NO. The first-order valence-electron chi connectivity index (χ1n) is 3.70. The summed E-state index contributed by atoms with van der Waals surface area (Å²) in [4.78, 5) is 5.44. The summed E-state index contributed by atoms with van der Waals surface area (Å²) in [6.45, 7) is 0.895. The maximum atomic E-state index is 5.44. The van der Waals surface area contributed by atoms with Gasteiger partial charge in [-0.1, -0.05) is 12.1 Å². The van der Waals surface area contributed by atoms with Crippen LogP contribution >= 0.6 is 0 Å². The molecule has 0 amide bonds. The van der Waals surface area contributed by atoms with Crippen molar-refractivity contribution in [2.75, 3.05) is 11.6 Å². The molecule has 0 saturated heterocycles. The molecule has 2 aliphatic rings. The number of rotatable bonds is 0. The second kappa shape index (κ2) is 1.59. The Labute approximate surface area is 64.7 Å². The summed E-state index contributed by atoms with van der Waals surface area (Å²) in [5.41, 5.74) is 2.42. The minimum atomic E-state index is 0.895. The normalized spacial score (nSPS) is 17.8. The summed E-state index contributed by atoms with van der Waals surface area (Å²) in [5, 5.41) is 1.91. The van der Waals surface area contributed by atoms with Gasteiger partial charge in [0.25, 0.3) is 0 Å². The van der Waals surface area contributed by atoms with E-state index in [9.17, 15) is 0 Å². The fourth-order valence-corrected chi connectivity index (χ4v) is 1.57. The van der Waals surface area contributed by atoms with E-state index in [2.05, 4.69) is 18.2 Å². The molecule has 2 nitrogen and oxygen atoms in total. The first kappa shape index (κ1) is 5.24. The summed E-state index contributed by atoms with van der Waals surface area (Å²) in [6, 6.07) is 8.23. The van der Waals surface area contributed by atoms with E-state index >= 15 is 0 Å². The van der Waals surface area contributed by atoms with Gasteiger partial charge < -0.3 is 4.84 Å². The van der Waals surface area contributed by atoms with Gasteiger partial charge >= 0.3 is 0 Å². The Morgan fingerprint density at radius 2 is 2.18 bits per heavy atom. The molecule has 0 spiro atoms. The Bertz CT molecular complexity index is 343. The second-order valence-corrected chi connectivity index (χ2v) is 2.74. The highest BCUT2D eigenvalue weighted by Crippen LogP contribution is 2.39. The number of hydrogen-bond donors (Lipinski definition) is 0. The van der Waals surface area contributed by atoms with Gasteiger partial charge in [0, 0.05) is 5.56 Å². The summed E-state index contributed by atoms with van der Waals surface area (Å²) in [7, 11) is 0. The Morgan fingerprint density at radius 3 is 3.09 bits per heavy atom. The topological polar surface area (TPSA) is 12.5 Å². The van der Waals surface area contributed by atoms with Crippen LogP contribution in [0.1, 0.15) is 5.56 Å². The Hall–Kier alpha value is -1.44. The molecule has 0 aromatic heterocycles. The highest BCUT2D eigenvalue weighted by Gasteiger charge is 2.29. The maximum absolute atomic E-state index is 5.44. The van der Waals surface area contributed by atoms with Crippen LogP contribution in [0, 0.1) is 0 Å². The molecule has 1 aromatic rings. The number of benzene rings is 1. The fraction of sp³-hybridized carbons (Fsp3) is 0.111. The van der Waals surface area contributed by atoms with E-state index in [4.69, 9.17) is 4.84 Å². The monoisotopic (exact) mass is 145 g/mol. The smallest absolute Gasteiger partial charge is 0.162 e. The van der Waals surface area contributed by atoms with Crippen molar-refractivity contribution in [1.82, 2.24) is 0 Å². The number of fused-ring (bicyclic) bond motifs is 5. The lowest BCUT2D eigenvalue weighted by Crippen LogP contribution is -2.13. The van der Waals surface area contributed by atoms with Crippen molar-refractivity contribution in [2.45, 2.75) is 0 Å². The van der Waals surface area contributed by atoms with Gasteiger partial charge in [0.15, 0.2) is 5.76 Å². The first-order valence-corrected chi connectivity index (χ1v) is 3.70. The molecule has 0 fully saturated rings. The van der Waals surface area contributed by atoms with Crippen LogP contribution in [0.5, 0.6) is 0 Å². The number of hydrogen-bond acceptors (Lipinski definition) is 2. The lowest BCUT2D eigenvalue weighted by molar-refractivity contribution is 0.288. The summed E-state index contributed by atoms with van der Waals surface area (Å²) < 4.78 is 0. The zero-order valence-corrected chi connectivity index (χ0v) is 5.95. The van der Waals surface area contributed by atoms with Crippen LogP contribution in [0.4, 0.5) is 5.69 Å². The lowest BCUT2D eigenvalue weighted by atomic mass is 10.1. The second-order valence-electron chi connectivity index (χ2n) is 2.74. The average molecular weight is 145 g/mol. The molecule has 0 aliphatic carbocycles. The number of hydroxylamine groups is 1. The lowest BCUT2D eigenvalue weighted by Gasteiger charge is -2.10. The van der Waals surface area contributed by atoms with Gasteiger partial charge in [0.1, 0.15) is 0 Å². The molecule has 0 radical (unpaired) electrons. The predicted molar refractivity (Wildman–Crippen MR) is 42.9 cm³/mol. The van der Waals surface area contributed by atoms with Crippen LogP contribution in [0.25, 0.3) is 5.76 Å². The zero-order valence-electron chi connectivity index (χ0n) is 5.95. The molecule has 1 aromatic carbocycles. The van der Waals surface area contributed by atoms with Gasteiger partial charge in [-0.15, -0.1) is 0 Å². The summed E-state index contributed by atoms with van der Waals surface area (Å²) in [6.07, 6.45) is 2.10. The van der Waals surface area contributed by atoms with E-state index in [-0.39, 0.29) is 0 Å². The largest absolute Gasteiger partial charge is 0.379 e. The molecule has 2 heterocycles. The minimum Gasteiger partial charge on any atom is -0.379 e. The molecule has 0 unspecified atom stereocenters. The molecule has 2 aliphatic heterocycles. The summed E-state index contributed by atoms with van der Waals surface area (Å²) >= 11 is 0. The SMILES string of the molecule is C1=C2ON(C1)c1ccccc12. The van der Waals surface area contributed by atoms with Gasteiger partial charge in [-0.3, -0.25) is 0 Å². The Morgan fingerprint density at radius 1 is 1.27 bits per heavy atom. The highest BCUT2D eigenvalue weighted by molar-refractivity contribution is 5.81. The van der Waals surface area contributed by atoms with Gasteiger partial charge in [0.2, 0.25) is 0 Å². The van der Waals surface area contributed by atoms with Crippen LogP contribution in [0.3, 0.4) is 0 Å². The van der Waals surface area contributed by atoms with Gasteiger partial charge in [-0.25, -0.2) is 5.06 Å².